The molecule has 1 saturated heterocycles. The van der Waals surface area contributed by atoms with Gasteiger partial charge >= 0.3 is 0 Å². The summed E-state index contributed by atoms with van der Waals surface area (Å²) in [5, 5.41) is 13.3. The van der Waals surface area contributed by atoms with E-state index in [1.54, 1.807) is 13.2 Å². The summed E-state index contributed by atoms with van der Waals surface area (Å²) in [5.41, 5.74) is 0.918. The van der Waals surface area contributed by atoms with Crippen LogP contribution in [-0.2, 0) is 6.54 Å². The van der Waals surface area contributed by atoms with Crippen LogP contribution in [0.4, 0.5) is 0 Å². The van der Waals surface area contributed by atoms with Crippen molar-refractivity contribution in [2.24, 2.45) is 0 Å². The third-order valence-electron chi connectivity index (χ3n) is 3.89. The molecule has 0 radical (unpaired) electrons. The summed E-state index contributed by atoms with van der Waals surface area (Å²) in [6, 6.07) is 6.09. The van der Waals surface area contributed by atoms with Crippen molar-refractivity contribution in [3.63, 3.8) is 0 Å². The van der Waals surface area contributed by atoms with Gasteiger partial charge in [0, 0.05) is 30.8 Å². The molecule has 0 spiro atoms. The monoisotopic (exact) mass is 264 g/mol. The van der Waals surface area contributed by atoms with Crippen LogP contribution < -0.4 is 10.1 Å². The molecule has 19 heavy (non-hydrogen) atoms. The number of aromatic hydroxyl groups is 1. The Bertz CT molecular complexity index is 409. The smallest absolute Gasteiger partial charge is 0.123 e. The number of methoxy groups -OCH3 is 1. The molecule has 1 aromatic rings. The third-order valence-corrected chi connectivity index (χ3v) is 3.89. The second-order valence-electron chi connectivity index (χ2n) is 5.05. The summed E-state index contributed by atoms with van der Waals surface area (Å²) in [4.78, 5) is 2.51. The van der Waals surface area contributed by atoms with Gasteiger partial charge in [-0.2, -0.15) is 0 Å². The van der Waals surface area contributed by atoms with Gasteiger partial charge in [0.1, 0.15) is 11.5 Å². The van der Waals surface area contributed by atoms with Crippen LogP contribution in [0.15, 0.2) is 18.2 Å². The molecule has 0 bridgehead atoms. The average molecular weight is 264 g/mol. The number of hydrogen-bond donors (Lipinski definition) is 2. The van der Waals surface area contributed by atoms with Gasteiger partial charge in [-0.25, -0.2) is 0 Å². The summed E-state index contributed by atoms with van der Waals surface area (Å²) in [7, 11) is 1.60. The Morgan fingerprint density at radius 1 is 1.47 bits per heavy atom. The fourth-order valence-electron chi connectivity index (χ4n) is 2.74. The molecule has 1 atom stereocenters. The summed E-state index contributed by atoms with van der Waals surface area (Å²) in [5.74, 6) is 0.986. The number of phenolic OH excluding ortho intramolecular Hbond substituents is 1. The fraction of sp³-hybridized carbons (Fsp3) is 0.600. The predicted octanol–water partition coefficient (Wildman–Crippen LogP) is 1.97. The number of rotatable bonds is 6. The van der Waals surface area contributed by atoms with E-state index in [1.165, 1.54) is 19.4 Å². The van der Waals surface area contributed by atoms with Gasteiger partial charge in [-0.1, -0.05) is 13.0 Å². The van der Waals surface area contributed by atoms with Gasteiger partial charge in [0.2, 0.25) is 0 Å². The molecule has 2 rings (SSSR count). The second-order valence-corrected chi connectivity index (χ2v) is 5.05. The Morgan fingerprint density at radius 2 is 2.32 bits per heavy atom. The Kier molecular flexibility index (Phi) is 5.05. The van der Waals surface area contributed by atoms with Crippen molar-refractivity contribution in [2.45, 2.75) is 32.4 Å². The lowest BCUT2D eigenvalue weighted by Crippen LogP contribution is -2.37. The van der Waals surface area contributed by atoms with Crippen LogP contribution in [0, 0.1) is 0 Å². The normalized spacial score (nSPS) is 19.8. The number of ether oxygens (including phenoxy) is 1. The van der Waals surface area contributed by atoms with E-state index in [0.717, 1.165) is 18.7 Å². The molecule has 1 aliphatic heterocycles. The minimum Gasteiger partial charge on any atom is -0.507 e. The van der Waals surface area contributed by atoms with Crippen LogP contribution in [0.5, 0.6) is 11.5 Å². The molecule has 4 nitrogen and oxygen atoms in total. The molecule has 106 valence electrons. The van der Waals surface area contributed by atoms with Gasteiger partial charge in [0.25, 0.3) is 0 Å². The number of hydrogen-bond acceptors (Lipinski definition) is 4. The lowest BCUT2D eigenvalue weighted by Gasteiger charge is -2.23. The topological polar surface area (TPSA) is 44.7 Å². The zero-order valence-electron chi connectivity index (χ0n) is 11.9. The van der Waals surface area contributed by atoms with Crippen molar-refractivity contribution in [3.8, 4) is 11.5 Å². The van der Waals surface area contributed by atoms with E-state index in [9.17, 15) is 5.11 Å². The summed E-state index contributed by atoms with van der Waals surface area (Å²) in [6.07, 6.45) is 2.57. The molecule has 0 amide bonds. The van der Waals surface area contributed by atoms with E-state index in [2.05, 4.69) is 17.1 Å². The zero-order chi connectivity index (χ0) is 13.7. The number of benzene rings is 1. The first-order valence-electron chi connectivity index (χ1n) is 7.05. The van der Waals surface area contributed by atoms with Crippen LogP contribution in [-0.4, -0.2) is 42.8 Å². The average Bonchev–Trinajstić information content (AvgIpc) is 2.88. The Balaban J connectivity index is 1.82. The van der Waals surface area contributed by atoms with Gasteiger partial charge < -0.3 is 15.2 Å². The lowest BCUT2D eigenvalue weighted by molar-refractivity contribution is 0.259. The van der Waals surface area contributed by atoms with E-state index in [0.29, 0.717) is 24.1 Å². The van der Waals surface area contributed by atoms with Gasteiger partial charge in [-0.05, 0) is 32.0 Å². The van der Waals surface area contributed by atoms with E-state index in [1.807, 2.05) is 12.1 Å². The van der Waals surface area contributed by atoms with Crippen molar-refractivity contribution in [1.82, 2.24) is 10.2 Å². The second kappa shape index (κ2) is 6.78. The summed E-state index contributed by atoms with van der Waals surface area (Å²) >= 11 is 0. The molecule has 0 saturated carbocycles. The molecular formula is C15H24N2O2. The number of nitrogens with one attached hydrogen (secondary N) is 1. The standard InChI is InChI=1S/C15H24N2O2/c1-3-17-8-4-5-13(17)11-16-10-12-6-7-14(19-2)9-15(12)18/h6-7,9,13,16,18H,3-5,8,10-11H2,1-2H3. The predicted molar refractivity (Wildman–Crippen MR) is 76.6 cm³/mol. The number of likely N-dealkylation sites (tertiary alicyclic amines) is 1. The summed E-state index contributed by atoms with van der Waals surface area (Å²) < 4.78 is 5.08. The molecule has 1 fully saturated rings. The Morgan fingerprint density at radius 3 is 3.00 bits per heavy atom. The first-order valence-corrected chi connectivity index (χ1v) is 7.05. The van der Waals surface area contributed by atoms with Crippen molar-refractivity contribution in [1.29, 1.82) is 0 Å². The highest BCUT2D eigenvalue weighted by Crippen LogP contribution is 2.23. The maximum atomic E-state index is 9.88. The van der Waals surface area contributed by atoms with Gasteiger partial charge in [0.05, 0.1) is 7.11 Å². The Labute approximate surface area is 115 Å². The van der Waals surface area contributed by atoms with Gasteiger partial charge in [0.15, 0.2) is 0 Å². The van der Waals surface area contributed by atoms with E-state index >= 15 is 0 Å². The Hall–Kier alpha value is -1.26. The first-order chi connectivity index (χ1) is 9.24. The molecule has 1 aliphatic rings. The molecule has 2 N–H and O–H groups in total. The van der Waals surface area contributed by atoms with Crippen molar-refractivity contribution >= 4 is 0 Å². The highest BCUT2D eigenvalue weighted by atomic mass is 16.5. The molecule has 1 unspecified atom stereocenters. The van der Waals surface area contributed by atoms with E-state index in [-0.39, 0.29) is 0 Å². The molecule has 4 heteroatoms. The number of nitrogens with zero attached hydrogens (tertiary/aromatic N) is 1. The molecule has 0 aromatic heterocycles. The van der Waals surface area contributed by atoms with Crippen LogP contribution >= 0.6 is 0 Å². The van der Waals surface area contributed by atoms with E-state index < -0.39 is 0 Å². The van der Waals surface area contributed by atoms with Crippen molar-refractivity contribution in [3.05, 3.63) is 23.8 Å². The summed E-state index contributed by atoms with van der Waals surface area (Å²) in [6.45, 7) is 6.24. The van der Waals surface area contributed by atoms with Crippen LogP contribution in [0.1, 0.15) is 25.3 Å². The molecule has 0 aliphatic carbocycles. The quantitative estimate of drug-likeness (QED) is 0.824. The van der Waals surface area contributed by atoms with Crippen molar-refractivity contribution < 1.29 is 9.84 Å². The highest BCUT2D eigenvalue weighted by Gasteiger charge is 2.22. The van der Waals surface area contributed by atoms with Crippen LogP contribution in [0.25, 0.3) is 0 Å². The highest BCUT2D eigenvalue weighted by molar-refractivity contribution is 5.39. The minimum atomic E-state index is 0.297. The maximum absolute atomic E-state index is 9.88. The lowest BCUT2D eigenvalue weighted by atomic mass is 10.1. The minimum absolute atomic E-state index is 0.297. The maximum Gasteiger partial charge on any atom is 0.123 e. The zero-order valence-corrected chi connectivity index (χ0v) is 11.9. The molecule has 1 aromatic carbocycles. The van der Waals surface area contributed by atoms with E-state index in [4.69, 9.17) is 4.74 Å². The third kappa shape index (κ3) is 3.61. The van der Waals surface area contributed by atoms with Crippen molar-refractivity contribution in [2.75, 3.05) is 26.7 Å². The SMILES string of the molecule is CCN1CCCC1CNCc1ccc(OC)cc1O. The van der Waals surface area contributed by atoms with Crippen LogP contribution in [0.3, 0.4) is 0 Å². The fourth-order valence-corrected chi connectivity index (χ4v) is 2.74. The first kappa shape index (κ1) is 14.2. The van der Waals surface area contributed by atoms with Gasteiger partial charge in [-0.15, -0.1) is 0 Å². The van der Waals surface area contributed by atoms with Crippen LogP contribution in [0.2, 0.25) is 0 Å². The number of phenols is 1. The molecule has 1 heterocycles. The number of likely N-dealkylation sites (N-methyl/N-ethyl adjacent to an activating group) is 1. The van der Waals surface area contributed by atoms with Gasteiger partial charge in [-0.3, -0.25) is 4.90 Å². The largest absolute Gasteiger partial charge is 0.507 e. The molecular weight excluding hydrogens is 240 g/mol.